The van der Waals surface area contributed by atoms with Crippen LogP contribution >= 0.6 is 11.6 Å². The first kappa shape index (κ1) is 15.9. The predicted octanol–water partition coefficient (Wildman–Crippen LogP) is 4.05. The van der Waals surface area contributed by atoms with Crippen molar-refractivity contribution in [1.82, 2.24) is 4.90 Å². The fraction of sp³-hybridized carbons (Fsp3) is 0.353. The molecule has 0 saturated carbocycles. The second-order valence-electron chi connectivity index (χ2n) is 5.67. The van der Waals surface area contributed by atoms with E-state index in [1.165, 1.54) is 6.26 Å². The van der Waals surface area contributed by atoms with E-state index in [0.29, 0.717) is 29.4 Å². The van der Waals surface area contributed by atoms with Gasteiger partial charge in [-0.2, -0.15) is 0 Å². The van der Waals surface area contributed by atoms with Gasteiger partial charge >= 0.3 is 6.03 Å². The predicted molar refractivity (Wildman–Crippen MR) is 88.5 cm³/mol. The highest BCUT2D eigenvalue weighted by molar-refractivity contribution is 6.33. The van der Waals surface area contributed by atoms with E-state index in [1.54, 1.807) is 29.2 Å². The molecule has 23 heavy (non-hydrogen) atoms. The summed E-state index contributed by atoms with van der Waals surface area (Å²) in [5.41, 5.74) is 0.594. The Morgan fingerprint density at radius 1 is 1.39 bits per heavy atom. The maximum absolute atomic E-state index is 12.5. The molecule has 0 spiro atoms. The number of hydrogen-bond acceptors (Lipinski definition) is 3. The zero-order chi connectivity index (χ0) is 16.2. The maximum atomic E-state index is 12.5. The minimum atomic E-state index is -0.705. The van der Waals surface area contributed by atoms with E-state index in [-0.39, 0.29) is 12.1 Å². The van der Waals surface area contributed by atoms with Gasteiger partial charge in [-0.05, 0) is 37.1 Å². The third-order valence-corrected chi connectivity index (χ3v) is 4.45. The van der Waals surface area contributed by atoms with Crippen molar-refractivity contribution in [3.63, 3.8) is 0 Å². The molecule has 6 heteroatoms. The molecule has 2 atom stereocenters. The summed E-state index contributed by atoms with van der Waals surface area (Å²) in [6.07, 6.45) is 3.08. The van der Waals surface area contributed by atoms with Crippen LogP contribution in [0.3, 0.4) is 0 Å². The highest BCUT2D eigenvalue weighted by Crippen LogP contribution is 2.29. The Hall–Kier alpha value is -1.98. The quantitative estimate of drug-likeness (QED) is 0.886. The Morgan fingerprint density at radius 2 is 2.22 bits per heavy atom. The van der Waals surface area contributed by atoms with Crippen LogP contribution in [-0.2, 0) is 0 Å². The zero-order valence-corrected chi connectivity index (χ0v) is 13.4. The van der Waals surface area contributed by atoms with Crippen LogP contribution in [0.5, 0.6) is 0 Å². The number of nitrogens with zero attached hydrogens (tertiary/aromatic N) is 1. The standard InChI is InChI=1S/C17H19ClN2O3/c18-13-6-1-2-7-14(13)19-17(22)20-9-3-5-12(20)11-15(21)16-8-4-10-23-16/h1-2,4,6-8,10,12,15,21H,3,5,9,11H2,(H,19,22). The number of para-hydroxylation sites is 1. The summed E-state index contributed by atoms with van der Waals surface area (Å²) < 4.78 is 5.23. The van der Waals surface area contributed by atoms with Crippen LogP contribution in [0.1, 0.15) is 31.1 Å². The SMILES string of the molecule is O=C(Nc1ccccc1Cl)N1CCCC1CC(O)c1ccco1. The molecular weight excluding hydrogens is 316 g/mol. The molecule has 1 aliphatic rings. The third kappa shape index (κ3) is 3.68. The van der Waals surface area contributed by atoms with E-state index in [0.717, 1.165) is 12.8 Å². The minimum absolute atomic E-state index is 0.0161. The number of benzene rings is 1. The summed E-state index contributed by atoms with van der Waals surface area (Å²) >= 11 is 6.08. The van der Waals surface area contributed by atoms with Crippen molar-refractivity contribution in [2.24, 2.45) is 0 Å². The first-order valence-electron chi connectivity index (χ1n) is 7.69. The lowest BCUT2D eigenvalue weighted by Crippen LogP contribution is -2.39. The summed E-state index contributed by atoms with van der Waals surface area (Å²) in [5, 5.41) is 13.6. The number of hydrogen-bond donors (Lipinski definition) is 2. The second kappa shape index (κ2) is 7.06. The first-order chi connectivity index (χ1) is 11.1. The van der Waals surface area contributed by atoms with E-state index < -0.39 is 6.10 Å². The van der Waals surface area contributed by atoms with Gasteiger partial charge in [-0.1, -0.05) is 23.7 Å². The van der Waals surface area contributed by atoms with E-state index in [9.17, 15) is 9.90 Å². The highest BCUT2D eigenvalue weighted by atomic mass is 35.5. The fourth-order valence-corrected chi connectivity index (χ4v) is 3.14. The smallest absolute Gasteiger partial charge is 0.322 e. The number of halogens is 1. The van der Waals surface area contributed by atoms with Crippen LogP contribution in [0.4, 0.5) is 10.5 Å². The van der Waals surface area contributed by atoms with Crippen LogP contribution in [0.15, 0.2) is 47.1 Å². The van der Waals surface area contributed by atoms with Gasteiger partial charge in [-0.25, -0.2) is 4.79 Å². The number of aliphatic hydroxyl groups is 1. The highest BCUT2D eigenvalue weighted by Gasteiger charge is 2.31. The van der Waals surface area contributed by atoms with Crippen molar-refractivity contribution < 1.29 is 14.3 Å². The Labute approximate surface area is 139 Å². The van der Waals surface area contributed by atoms with Gasteiger partial charge in [0.25, 0.3) is 0 Å². The number of urea groups is 1. The van der Waals surface area contributed by atoms with Crippen LogP contribution in [0.25, 0.3) is 0 Å². The largest absolute Gasteiger partial charge is 0.467 e. The first-order valence-corrected chi connectivity index (χ1v) is 8.06. The third-order valence-electron chi connectivity index (χ3n) is 4.12. The van der Waals surface area contributed by atoms with Crippen LogP contribution in [0.2, 0.25) is 5.02 Å². The van der Waals surface area contributed by atoms with Crippen molar-refractivity contribution in [2.75, 3.05) is 11.9 Å². The number of furan rings is 1. The molecule has 1 aromatic carbocycles. The molecule has 1 fully saturated rings. The molecule has 5 nitrogen and oxygen atoms in total. The van der Waals surface area contributed by atoms with Gasteiger partial charge in [0.2, 0.25) is 0 Å². The zero-order valence-electron chi connectivity index (χ0n) is 12.6. The van der Waals surface area contributed by atoms with Crippen LogP contribution < -0.4 is 5.32 Å². The molecule has 1 aromatic heterocycles. The molecule has 2 N–H and O–H groups in total. The van der Waals surface area contributed by atoms with Crippen molar-refractivity contribution in [2.45, 2.75) is 31.4 Å². The number of carbonyl (C=O) groups is 1. The van der Waals surface area contributed by atoms with Gasteiger partial charge < -0.3 is 19.7 Å². The van der Waals surface area contributed by atoms with Crippen molar-refractivity contribution in [3.05, 3.63) is 53.4 Å². The lowest BCUT2D eigenvalue weighted by Gasteiger charge is -2.26. The average molecular weight is 335 g/mol. The van der Waals surface area contributed by atoms with Crippen LogP contribution in [-0.4, -0.2) is 28.6 Å². The molecule has 0 bridgehead atoms. The summed E-state index contributed by atoms with van der Waals surface area (Å²) in [4.78, 5) is 14.3. The molecule has 122 valence electrons. The van der Waals surface area contributed by atoms with E-state index in [2.05, 4.69) is 5.32 Å². The molecule has 2 aromatic rings. The van der Waals surface area contributed by atoms with Gasteiger partial charge in [-0.15, -0.1) is 0 Å². The molecule has 0 radical (unpaired) electrons. The molecule has 2 unspecified atom stereocenters. The Morgan fingerprint density at radius 3 is 2.96 bits per heavy atom. The van der Waals surface area contributed by atoms with E-state index in [1.807, 2.05) is 12.1 Å². The molecule has 0 aliphatic carbocycles. The normalized spacial score (nSPS) is 18.9. The summed E-state index contributed by atoms with van der Waals surface area (Å²) in [7, 11) is 0. The number of rotatable bonds is 4. The lowest BCUT2D eigenvalue weighted by molar-refractivity contribution is 0.110. The van der Waals surface area contributed by atoms with Gasteiger partial charge in [-0.3, -0.25) is 0 Å². The molecule has 2 amide bonds. The summed E-state index contributed by atoms with van der Waals surface area (Å²) in [6, 6.07) is 10.4. The molecule has 1 aliphatic heterocycles. The molecule has 3 rings (SSSR count). The molecule has 2 heterocycles. The summed E-state index contributed by atoms with van der Waals surface area (Å²) in [5.74, 6) is 0.531. The monoisotopic (exact) mass is 334 g/mol. The van der Waals surface area contributed by atoms with Gasteiger partial charge in [0.15, 0.2) is 0 Å². The van der Waals surface area contributed by atoms with Crippen LogP contribution in [0, 0.1) is 0 Å². The second-order valence-corrected chi connectivity index (χ2v) is 6.07. The minimum Gasteiger partial charge on any atom is -0.467 e. The van der Waals surface area contributed by atoms with Crippen molar-refractivity contribution in [3.8, 4) is 0 Å². The molecule has 1 saturated heterocycles. The van der Waals surface area contributed by atoms with Gasteiger partial charge in [0.1, 0.15) is 11.9 Å². The van der Waals surface area contributed by atoms with Gasteiger partial charge in [0.05, 0.1) is 17.0 Å². The molecular formula is C17H19ClN2O3. The Balaban J connectivity index is 1.64. The Bertz CT molecular complexity index is 660. The number of anilines is 1. The number of amides is 2. The van der Waals surface area contributed by atoms with Crippen molar-refractivity contribution >= 4 is 23.3 Å². The number of likely N-dealkylation sites (tertiary alicyclic amines) is 1. The number of carbonyl (C=O) groups excluding carboxylic acids is 1. The van der Waals surface area contributed by atoms with Gasteiger partial charge in [0, 0.05) is 19.0 Å². The maximum Gasteiger partial charge on any atom is 0.322 e. The summed E-state index contributed by atoms with van der Waals surface area (Å²) in [6.45, 7) is 0.672. The van der Waals surface area contributed by atoms with E-state index in [4.69, 9.17) is 16.0 Å². The Kier molecular flexibility index (Phi) is 4.88. The van der Waals surface area contributed by atoms with Crippen molar-refractivity contribution in [1.29, 1.82) is 0 Å². The lowest BCUT2D eigenvalue weighted by atomic mass is 10.1. The number of aliphatic hydroxyl groups excluding tert-OH is 1. The van der Waals surface area contributed by atoms with E-state index >= 15 is 0 Å². The fourth-order valence-electron chi connectivity index (χ4n) is 2.95. The number of nitrogens with one attached hydrogen (secondary N) is 1. The average Bonchev–Trinajstić information content (AvgIpc) is 3.20. The topological polar surface area (TPSA) is 65.7 Å².